The molecule has 0 aliphatic carbocycles. The van der Waals surface area contributed by atoms with Gasteiger partial charge < -0.3 is 15.9 Å². The first kappa shape index (κ1) is 21.4. The first-order valence-corrected chi connectivity index (χ1v) is 10.7. The van der Waals surface area contributed by atoms with Crippen molar-refractivity contribution in [2.45, 2.75) is 20.4 Å². The largest absolute Gasteiger partial charge is 0.692 e. The number of nitrogens with two attached hydrogens (primary N) is 1. The number of benzene rings is 1. The Bertz CT molecular complexity index is 1420. The number of nitrogens with one attached hydrogen (secondary N) is 1. The quantitative estimate of drug-likeness (QED) is 0.457. The zero-order chi connectivity index (χ0) is 24.0. The van der Waals surface area contributed by atoms with Crippen molar-refractivity contribution < 1.29 is 9.24 Å². The lowest BCUT2D eigenvalue weighted by atomic mass is 9.96. The predicted molar refractivity (Wildman–Crippen MR) is 126 cm³/mol. The van der Waals surface area contributed by atoms with E-state index in [1.165, 1.54) is 11.1 Å². The van der Waals surface area contributed by atoms with Crippen LogP contribution in [-0.2, 0) is 6.54 Å². The van der Waals surface area contributed by atoms with Gasteiger partial charge in [-0.15, -0.1) is 0 Å². The van der Waals surface area contributed by atoms with E-state index in [2.05, 4.69) is 15.0 Å². The molecule has 3 N–H and O–H groups in total. The topological polar surface area (TPSA) is 117 Å². The highest BCUT2D eigenvalue weighted by molar-refractivity contribution is 6.33. The molecule has 2 aromatic heterocycles. The lowest BCUT2D eigenvalue weighted by Gasteiger charge is -2.21. The molecule has 1 aromatic carbocycles. The van der Waals surface area contributed by atoms with E-state index >= 15 is 0 Å². The predicted octanol–water partition coefficient (Wildman–Crippen LogP) is 2.32. The molecule has 2 aliphatic rings. The summed E-state index contributed by atoms with van der Waals surface area (Å²) in [5.74, 6) is -0.384. The highest BCUT2D eigenvalue weighted by atomic mass is 19.1. The minimum atomic E-state index is -0.881. The first-order valence-electron chi connectivity index (χ1n) is 10.7. The van der Waals surface area contributed by atoms with Gasteiger partial charge in [0, 0.05) is 22.6 Å². The number of hydrogen-bond donors (Lipinski definition) is 2. The summed E-state index contributed by atoms with van der Waals surface area (Å²) in [4.78, 5) is 25.7. The number of fused-ring (bicyclic) bond motifs is 1. The standard InChI is InChI=1S/C24H22FN7O2/c1-14-10-17(11-15(2)27-14)20-21(16-6-4-3-5-7-16)29-24(26)31-13-30(32(34)23(20)31)12-18-8-9-19(25)22(33)28-18/h3-11H,12-13H2,1-2H3,(H2,26,29)(H,28,33). The third-order valence-corrected chi connectivity index (χ3v) is 5.65. The number of H-pyrrole nitrogens is 1. The average molecular weight is 459 g/mol. The molecule has 0 saturated heterocycles. The van der Waals surface area contributed by atoms with Crippen LogP contribution in [0.15, 0.2) is 64.4 Å². The first-order chi connectivity index (χ1) is 16.3. The van der Waals surface area contributed by atoms with Crippen molar-refractivity contribution in [1.29, 1.82) is 0 Å². The second kappa shape index (κ2) is 8.14. The van der Waals surface area contributed by atoms with Crippen LogP contribution in [0.5, 0.6) is 0 Å². The molecule has 5 rings (SSSR count). The number of guanidine groups is 1. The van der Waals surface area contributed by atoms with E-state index in [4.69, 9.17) is 5.73 Å². The van der Waals surface area contributed by atoms with Crippen LogP contribution in [0.1, 0.15) is 28.2 Å². The van der Waals surface area contributed by atoms with E-state index in [1.807, 2.05) is 56.3 Å². The van der Waals surface area contributed by atoms with Gasteiger partial charge in [-0.1, -0.05) is 30.3 Å². The van der Waals surface area contributed by atoms with Crippen LogP contribution in [0.2, 0.25) is 0 Å². The van der Waals surface area contributed by atoms with Crippen LogP contribution in [-0.4, -0.2) is 43.2 Å². The maximum atomic E-state index is 13.6. The number of halogens is 1. The summed E-state index contributed by atoms with van der Waals surface area (Å²) in [6, 6.07) is 15.8. The Morgan fingerprint density at radius 1 is 1.12 bits per heavy atom. The van der Waals surface area contributed by atoms with Gasteiger partial charge in [-0.25, -0.2) is 4.39 Å². The molecule has 3 aromatic rings. The Morgan fingerprint density at radius 2 is 1.82 bits per heavy atom. The van der Waals surface area contributed by atoms with Crippen LogP contribution in [0.4, 0.5) is 4.39 Å². The lowest BCUT2D eigenvalue weighted by molar-refractivity contribution is -0.630. The zero-order valence-corrected chi connectivity index (χ0v) is 18.6. The fraction of sp³-hybridized carbons (Fsp3) is 0.167. The summed E-state index contributed by atoms with van der Waals surface area (Å²) in [5.41, 5.74) is 10.3. The van der Waals surface area contributed by atoms with Gasteiger partial charge >= 0.3 is 5.84 Å². The summed E-state index contributed by atoms with van der Waals surface area (Å²) in [7, 11) is 0. The SMILES string of the molecule is Cc1cc(C2=C(c3ccccc3)N=C(N)N3CN(Cc4ccc(F)c(=O)[nH]4)[N+]([O-])=C23)cc(C)n1. The molecule has 0 radical (unpaired) electrons. The number of hydrazine groups is 1. The third-order valence-electron chi connectivity index (χ3n) is 5.65. The van der Waals surface area contributed by atoms with Crippen LogP contribution in [0.25, 0.3) is 11.3 Å². The number of rotatable bonds is 4. The van der Waals surface area contributed by atoms with Crippen LogP contribution in [0.3, 0.4) is 0 Å². The molecular weight excluding hydrogens is 437 g/mol. The molecule has 0 atom stereocenters. The van der Waals surface area contributed by atoms with Crippen molar-refractivity contribution in [1.82, 2.24) is 19.9 Å². The number of aryl methyl sites for hydroxylation is 2. The Morgan fingerprint density at radius 3 is 2.50 bits per heavy atom. The molecule has 4 heterocycles. The van der Waals surface area contributed by atoms with Crippen molar-refractivity contribution in [3.63, 3.8) is 0 Å². The summed E-state index contributed by atoms with van der Waals surface area (Å²) in [6.45, 7) is 3.95. The van der Waals surface area contributed by atoms with Gasteiger partial charge in [-0.05, 0) is 43.7 Å². The summed E-state index contributed by atoms with van der Waals surface area (Å²) in [6.07, 6.45) is 0. The third kappa shape index (κ3) is 3.68. The monoisotopic (exact) mass is 459 g/mol. The fourth-order valence-electron chi connectivity index (χ4n) is 4.22. The van der Waals surface area contributed by atoms with Crippen molar-refractivity contribution in [2.24, 2.45) is 10.7 Å². The smallest absolute Gasteiger partial charge is 0.318 e. The molecule has 0 saturated carbocycles. The van der Waals surface area contributed by atoms with Gasteiger partial charge in [0.2, 0.25) is 0 Å². The highest BCUT2D eigenvalue weighted by Gasteiger charge is 2.44. The number of aliphatic imine (C=N–C) groups is 1. The number of aromatic amines is 1. The van der Waals surface area contributed by atoms with E-state index in [9.17, 15) is 14.4 Å². The molecule has 34 heavy (non-hydrogen) atoms. The van der Waals surface area contributed by atoms with Crippen molar-refractivity contribution in [3.8, 4) is 0 Å². The van der Waals surface area contributed by atoms with Crippen molar-refractivity contribution >= 4 is 23.1 Å². The van der Waals surface area contributed by atoms with E-state index in [0.29, 0.717) is 22.8 Å². The second-order valence-electron chi connectivity index (χ2n) is 8.19. The summed E-state index contributed by atoms with van der Waals surface area (Å²) < 4.78 is 13.4. The van der Waals surface area contributed by atoms with Crippen LogP contribution in [0, 0.1) is 24.9 Å². The molecule has 0 bridgehead atoms. The summed E-state index contributed by atoms with van der Waals surface area (Å²) >= 11 is 0. The molecule has 0 spiro atoms. The number of aromatic nitrogens is 2. The second-order valence-corrected chi connectivity index (χ2v) is 8.19. The minimum Gasteiger partial charge on any atom is -0.692 e. The van der Waals surface area contributed by atoms with E-state index in [-0.39, 0.29) is 19.2 Å². The number of pyridine rings is 2. The lowest BCUT2D eigenvalue weighted by Crippen LogP contribution is -2.44. The Kier molecular flexibility index (Phi) is 5.12. The fourth-order valence-corrected chi connectivity index (χ4v) is 4.22. The molecule has 0 amide bonds. The van der Waals surface area contributed by atoms with Gasteiger partial charge in [0.1, 0.15) is 5.57 Å². The number of amidine groups is 1. The molecule has 10 heteroatoms. The van der Waals surface area contributed by atoms with Crippen molar-refractivity contribution in [3.05, 3.63) is 104 Å². The normalized spacial score (nSPS) is 15.7. The number of hydrogen-bond acceptors (Lipinski definition) is 7. The Hall–Kier alpha value is -4.47. The summed E-state index contributed by atoms with van der Waals surface area (Å²) in [5, 5.41) is 15.1. The Labute approximate surface area is 194 Å². The molecule has 0 unspecified atom stereocenters. The molecule has 172 valence electrons. The highest BCUT2D eigenvalue weighted by Crippen LogP contribution is 2.35. The number of nitrogens with zero attached hydrogens (tertiary/aromatic N) is 5. The number of hydrazone groups is 1. The van der Waals surface area contributed by atoms with Crippen LogP contribution < -0.4 is 11.3 Å². The van der Waals surface area contributed by atoms with Gasteiger partial charge in [-0.3, -0.25) is 9.78 Å². The van der Waals surface area contributed by atoms with E-state index in [1.54, 1.807) is 4.90 Å². The Balaban J connectivity index is 1.69. The van der Waals surface area contributed by atoms with E-state index < -0.39 is 11.4 Å². The molecule has 9 nitrogen and oxygen atoms in total. The molecule has 0 fully saturated rings. The van der Waals surface area contributed by atoms with Crippen LogP contribution >= 0.6 is 0 Å². The maximum absolute atomic E-state index is 13.6. The van der Waals surface area contributed by atoms with Gasteiger partial charge in [0.25, 0.3) is 11.5 Å². The van der Waals surface area contributed by atoms with Gasteiger partial charge in [0.05, 0.1) is 12.2 Å². The molecule has 2 aliphatic heterocycles. The van der Waals surface area contributed by atoms with Crippen molar-refractivity contribution in [2.75, 3.05) is 6.67 Å². The zero-order valence-electron chi connectivity index (χ0n) is 18.6. The minimum absolute atomic E-state index is 0.0502. The van der Waals surface area contributed by atoms with Gasteiger partial charge in [0.15, 0.2) is 12.5 Å². The van der Waals surface area contributed by atoms with E-state index in [0.717, 1.165) is 33.4 Å². The maximum Gasteiger partial charge on any atom is 0.318 e. The molecular formula is C24H22FN7O2. The average Bonchev–Trinajstić information content (AvgIpc) is 3.13. The van der Waals surface area contributed by atoms with Gasteiger partial charge in [-0.2, -0.15) is 19.7 Å².